The highest BCUT2D eigenvalue weighted by atomic mass is 32.2. The molecule has 2 heterocycles. The Labute approximate surface area is 167 Å². The summed E-state index contributed by atoms with van der Waals surface area (Å²) >= 11 is 0. The minimum absolute atomic E-state index is 0.0555. The molecule has 1 aromatic heterocycles. The zero-order valence-corrected chi connectivity index (χ0v) is 16.4. The third-order valence-electron chi connectivity index (χ3n) is 5.00. The number of halogens is 3. The Morgan fingerprint density at radius 3 is 2.52 bits per heavy atom. The van der Waals surface area contributed by atoms with Crippen LogP contribution in [0.4, 0.5) is 30.6 Å². The Kier molecular flexibility index (Phi) is 4.93. The zero-order chi connectivity index (χ0) is 20.9. The predicted octanol–water partition coefficient (Wildman–Crippen LogP) is 2.34. The van der Waals surface area contributed by atoms with Crippen LogP contribution in [0.15, 0.2) is 17.0 Å². The summed E-state index contributed by atoms with van der Waals surface area (Å²) in [7, 11) is 0.113. The first-order chi connectivity index (χ1) is 13.7. The molecule has 2 aromatic rings. The number of benzene rings is 1. The second-order valence-electron chi connectivity index (χ2n) is 7.17. The number of nitrogens with zero attached hydrogens (tertiary/aromatic N) is 3. The second-order valence-corrected chi connectivity index (χ2v) is 8.90. The fourth-order valence-corrected chi connectivity index (χ4v) is 5.03. The van der Waals surface area contributed by atoms with Crippen LogP contribution in [0.5, 0.6) is 0 Å². The molecule has 0 saturated heterocycles. The van der Waals surface area contributed by atoms with Gasteiger partial charge in [0.1, 0.15) is 5.69 Å². The van der Waals surface area contributed by atoms with Gasteiger partial charge in [0.05, 0.1) is 23.0 Å². The Bertz CT molecular complexity index is 1010. The van der Waals surface area contributed by atoms with Gasteiger partial charge in [-0.2, -0.15) is 4.98 Å². The van der Waals surface area contributed by atoms with Crippen LogP contribution < -0.4 is 15.5 Å². The number of rotatable bonds is 4. The van der Waals surface area contributed by atoms with Gasteiger partial charge in [-0.25, -0.2) is 18.2 Å². The predicted molar refractivity (Wildman–Crippen MR) is 102 cm³/mol. The van der Waals surface area contributed by atoms with Gasteiger partial charge in [0.2, 0.25) is 11.9 Å². The smallest absolute Gasteiger partial charge is 0.244 e. The van der Waals surface area contributed by atoms with Gasteiger partial charge >= 0.3 is 0 Å². The van der Waals surface area contributed by atoms with Crippen molar-refractivity contribution in [3.8, 4) is 0 Å². The molecule has 4 rings (SSSR count). The number of aryl methyl sites for hydroxylation is 1. The molecule has 7 nitrogen and oxygen atoms in total. The number of likely N-dealkylation sites (N-methyl/N-ethyl adjacent to an activating group) is 1. The highest BCUT2D eigenvalue weighted by Gasteiger charge is 2.35. The van der Waals surface area contributed by atoms with E-state index in [4.69, 9.17) is 0 Å². The van der Waals surface area contributed by atoms with E-state index in [-0.39, 0.29) is 28.6 Å². The fraction of sp³-hybridized carbons (Fsp3) is 0.389. The Morgan fingerprint density at radius 2 is 1.86 bits per heavy atom. The largest absolute Gasteiger partial charge is 0.351 e. The van der Waals surface area contributed by atoms with Crippen molar-refractivity contribution in [1.82, 2.24) is 9.97 Å². The highest BCUT2D eigenvalue weighted by Crippen LogP contribution is 2.34. The van der Waals surface area contributed by atoms with Gasteiger partial charge in [-0.05, 0) is 31.9 Å². The molecule has 2 N–H and O–H groups in total. The Hall–Kier alpha value is -2.69. The molecule has 0 spiro atoms. The van der Waals surface area contributed by atoms with E-state index in [1.165, 1.54) is 0 Å². The van der Waals surface area contributed by atoms with Gasteiger partial charge in [-0.1, -0.05) is 0 Å². The van der Waals surface area contributed by atoms with Crippen molar-refractivity contribution in [2.24, 2.45) is 0 Å². The molecule has 29 heavy (non-hydrogen) atoms. The summed E-state index contributed by atoms with van der Waals surface area (Å²) in [6.07, 6.45) is 0.971. The van der Waals surface area contributed by atoms with Crippen molar-refractivity contribution >= 4 is 34.2 Å². The van der Waals surface area contributed by atoms with Crippen molar-refractivity contribution in [2.45, 2.75) is 36.0 Å². The van der Waals surface area contributed by atoms with Crippen molar-refractivity contribution < 1.29 is 22.2 Å². The first-order valence-corrected chi connectivity index (χ1v) is 10.2. The fourth-order valence-electron chi connectivity index (χ4n) is 3.40. The summed E-state index contributed by atoms with van der Waals surface area (Å²) in [6, 6.07) is 1.49. The molecule has 0 unspecified atom stereocenters. The molecular weight excluding hydrogens is 407 g/mol. The van der Waals surface area contributed by atoms with Gasteiger partial charge in [0.25, 0.3) is 0 Å². The normalized spacial score (nSPS) is 21.8. The van der Waals surface area contributed by atoms with Gasteiger partial charge in [0, 0.05) is 23.2 Å². The highest BCUT2D eigenvalue weighted by molar-refractivity contribution is 7.85. The van der Waals surface area contributed by atoms with Crippen molar-refractivity contribution in [3.63, 3.8) is 0 Å². The minimum atomic E-state index is -1.65. The second kappa shape index (κ2) is 7.29. The number of amides is 1. The van der Waals surface area contributed by atoms with Gasteiger partial charge < -0.3 is 15.5 Å². The number of carbonyl (C=O) groups excluding carboxylic acids is 1. The van der Waals surface area contributed by atoms with Gasteiger partial charge in [-0.3, -0.25) is 9.00 Å². The molecular formula is C18H18F3N5O2S. The number of aromatic nitrogens is 2. The SMILES string of the molecule is Cc1nc(NC2CC([S@](=O)c3cc(F)c(F)c(F)c3)C2)nc2c1NC(=O)CN2C. The maximum Gasteiger partial charge on any atom is 0.244 e. The lowest BCUT2D eigenvalue weighted by Crippen LogP contribution is -2.42. The van der Waals surface area contributed by atoms with Gasteiger partial charge in [-0.15, -0.1) is 0 Å². The van der Waals surface area contributed by atoms with Gasteiger partial charge in [0.15, 0.2) is 23.3 Å². The molecule has 1 aromatic carbocycles. The van der Waals surface area contributed by atoms with E-state index < -0.39 is 28.3 Å². The lowest BCUT2D eigenvalue weighted by Gasteiger charge is -2.35. The molecule has 11 heteroatoms. The molecule has 1 saturated carbocycles. The lowest BCUT2D eigenvalue weighted by atomic mass is 9.92. The Morgan fingerprint density at radius 1 is 1.21 bits per heavy atom. The summed E-state index contributed by atoms with van der Waals surface area (Å²) in [5.74, 6) is -3.41. The average molecular weight is 425 g/mol. The molecule has 1 fully saturated rings. The van der Waals surface area contributed by atoms with E-state index in [2.05, 4.69) is 20.6 Å². The summed E-state index contributed by atoms with van der Waals surface area (Å²) in [6.45, 7) is 1.96. The monoisotopic (exact) mass is 425 g/mol. The van der Waals surface area contributed by atoms with E-state index >= 15 is 0 Å². The van der Waals surface area contributed by atoms with Crippen LogP contribution in [0.2, 0.25) is 0 Å². The molecule has 154 valence electrons. The summed E-state index contributed by atoms with van der Waals surface area (Å²) in [4.78, 5) is 22.1. The van der Waals surface area contributed by atoms with Crippen LogP contribution in [-0.4, -0.2) is 45.0 Å². The van der Waals surface area contributed by atoms with Crippen molar-refractivity contribution in [2.75, 3.05) is 29.1 Å². The zero-order valence-electron chi connectivity index (χ0n) is 15.6. The maximum atomic E-state index is 13.4. The van der Waals surface area contributed by atoms with Crippen LogP contribution in [0.25, 0.3) is 0 Å². The Balaban J connectivity index is 1.43. The van der Waals surface area contributed by atoms with E-state index in [1.807, 2.05) is 0 Å². The van der Waals surface area contributed by atoms with E-state index in [0.29, 0.717) is 36.0 Å². The van der Waals surface area contributed by atoms with E-state index in [1.54, 1.807) is 18.9 Å². The van der Waals surface area contributed by atoms with Crippen LogP contribution in [-0.2, 0) is 15.6 Å². The molecule has 0 radical (unpaired) electrons. The van der Waals surface area contributed by atoms with E-state index in [9.17, 15) is 22.2 Å². The third kappa shape index (κ3) is 3.66. The van der Waals surface area contributed by atoms with E-state index in [0.717, 1.165) is 12.1 Å². The topological polar surface area (TPSA) is 87.2 Å². The minimum Gasteiger partial charge on any atom is -0.351 e. The first-order valence-electron chi connectivity index (χ1n) is 8.94. The summed E-state index contributed by atoms with van der Waals surface area (Å²) in [5, 5.41) is 5.62. The molecule has 0 bridgehead atoms. The molecule has 1 aliphatic carbocycles. The quantitative estimate of drug-likeness (QED) is 0.732. The maximum absolute atomic E-state index is 13.4. The molecule has 1 amide bonds. The van der Waals surface area contributed by atoms with Crippen LogP contribution in [0.1, 0.15) is 18.5 Å². The number of carbonyl (C=O) groups is 1. The number of anilines is 3. The number of nitrogens with one attached hydrogen (secondary N) is 2. The van der Waals surface area contributed by atoms with Crippen LogP contribution in [0, 0.1) is 24.4 Å². The first kappa shape index (κ1) is 19.6. The number of fused-ring (bicyclic) bond motifs is 1. The number of hydrogen-bond donors (Lipinski definition) is 2. The molecule has 1 atom stereocenters. The van der Waals surface area contributed by atoms with Crippen molar-refractivity contribution in [1.29, 1.82) is 0 Å². The average Bonchev–Trinajstić information content (AvgIpc) is 2.62. The van der Waals surface area contributed by atoms with Crippen molar-refractivity contribution in [3.05, 3.63) is 35.3 Å². The summed E-state index contributed by atoms with van der Waals surface area (Å²) < 4.78 is 52.3. The van der Waals surface area contributed by atoms with Crippen LogP contribution in [0.3, 0.4) is 0 Å². The lowest BCUT2D eigenvalue weighted by molar-refractivity contribution is -0.115. The third-order valence-corrected chi connectivity index (χ3v) is 6.69. The standard InChI is InChI=1S/C18H18F3N5O2S/c1-8-16-17(26(2)7-14(27)24-16)25-18(22-8)23-9-3-10(4-9)29(28)11-5-12(19)15(21)13(20)6-11/h5-6,9-10H,3-4,7H2,1-2H3,(H,24,27)(H,22,23,25)/t9?,10?,29-/m0/s1. The molecule has 1 aliphatic heterocycles. The van der Waals surface area contributed by atoms with Crippen LogP contribution >= 0.6 is 0 Å². The molecule has 2 aliphatic rings. The summed E-state index contributed by atoms with van der Waals surface area (Å²) in [5.41, 5.74) is 1.19. The number of hydrogen-bond acceptors (Lipinski definition) is 6.